The zero-order chi connectivity index (χ0) is 14.5. The number of H-pyrrole nitrogens is 1. The van der Waals surface area contributed by atoms with Crippen LogP contribution in [0.5, 0.6) is 0 Å². The van der Waals surface area contributed by atoms with E-state index >= 15 is 0 Å². The Morgan fingerprint density at radius 1 is 1.45 bits per heavy atom. The zero-order valence-corrected chi connectivity index (χ0v) is 11.4. The van der Waals surface area contributed by atoms with E-state index in [-0.39, 0.29) is 24.2 Å². The van der Waals surface area contributed by atoms with Crippen LogP contribution in [-0.2, 0) is 0 Å². The van der Waals surface area contributed by atoms with Gasteiger partial charge in [-0.1, -0.05) is 13.3 Å². The van der Waals surface area contributed by atoms with Crippen LogP contribution in [0.15, 0.2) is 17.1 Å². The van der Waals surface area contributed by atoms with Gasteiger partial charge in [-0.25, -0.2) is 4.98 Å². The van der Waals surface area contributed by atoms with Gasteiger partial charge < -0.3 is 21.1 Å². The van der Waals surface area contributed by atoms with Crippen molar-refractivity contribution in [2.45, 2.75) is 32.2 Å². The molecule has 2 rings (SSSR count). The lowest BCUT2D eigenvalue weighted by Gasteiger charge is -2.18. The normalized spacial score (nSPS) is 12.5. The number of aromatic nitrogens is 3. The average molecular weight is 277 g/mol. The Bertz CT molecular complexity index is 634. The number of fused-ring (bicyclic) bond motifs is 1. The minimum Gasteiger partial charge on any atom is -0.396 e. The van der Waals surface area contributed by atoms with Gasteiger partial charge in [-0.15, -0.1) is 0 Å². The maximum absolute atomic E-state index is 11.9. The van der Waals surface area contributed by atoms with Gasteiger partial charge in [0.1, 0.15) is 11.2 Å². The van der Waals surface area contributed by atoms with Crippen molar-refractivity contribution in [2.24, 2.45) is 0 Å². The van der Waals surface area contributed by atoms with Gasteiger partial charge in [0, 0.05) is 18.8 Å². The van der Waals surface area contributed by atoms with Crippen molar-refractivity contribution in [2.75, 3.05) is 17.7 Å². The first-order valence-corrected chi connectivity index (χ1v) is 6.68. The molecule has 0 aliphatic rings. The van der Waals surface area contributed by atoms with Crippen molar-refractivity contribution in [3.05, 3.63) is 22.6 Å². The summed E-state index contributed by atoms with van der Waals surface area (Å²) in [5.41, 5.74) is 5.92. The van der Waals surface area contributed by atoms with Crippen molar-refractivity contribution in [3.63, 3.8) is 0 Å². The lowest BCUT2D eigenvalue weighted by molar-refractivity contribution is 0.276. The molecule has 0 aromatic carbocycles. The summed E-state index contributed by atoms with van der Waals surface area (Å²) in [6, 6.07) is 1.72. The predicted octanol–water partition coefficient (Wildman–Crippen LogP) is 0.863. The van der Waals surface area contributed by atoms with Crippen LogP contribution >= 0.6 is 0 Å². The van der Waals surface area contributed by atoms with Gasteiger partial charge in [0.15, 0.2) is 0 Å². The molecule has 0 spiro atoms. The lowest BCUT2D eigenvalue weighted by atomic mass is 10.1. The largest absolute Gasteiger partial charge is 0.396 e. The summed E-state index contributed by atoms with van der Waals surface area (Å²) >= 11 is 0. The first-order valence-electron chi connectivity index (χ1n) is 6.68. The summed E-state index contributed by atoms with van der Waals surface area (Å²) < 4.78 is 0. The first-order chi connectivity index (χ1) is 9.65. The number of nitrogens with one attached hydrogen (secondary N) is 2. The molecule has 0 fully saturated rings. The fourth-order valence-corrected chi connectivity index (χ4v) is 2.20. The molecule has 2 heterocycles. The highest BCUT2D eigenvalue weighted by Crippen LogP contribution is 2.19. The Balaban J connectivity index is 2.44. The second kappa shape index (κ2) is 6.33. The van der Waals surface area contributed by atoms with Crippen LogP contribution in [0.3, 0.4) is 0 Å². The van der Waals surface area contributed by atoms with Crippen LogP contribution < -0.4 is 16.6 Å². The summed E-state index contributed by atoms with van der Waals surface area (Å²) in [5, 5.41) is 12.7. The number of aliphatic hydroxyl groups is 1. The number of aliphatic hydroxyl groups excluding tert-OH is 1. The Kier molecular flexibility index (Phi) is 4.52. The standard InChI is InChI=1S/C13H19N5O2/c1-2-3-8(5-7-19)16-11-10-9(17-13(14)18-11)4-6-15-12(10)20/h4,6,8,19H,2-3,5,7H2,1H3,(H,15,20)(H3,14,16,17,18). The van der Waals surface area contributed by atoms with E-state index in [4.69, 9.17) is 10.8 Å². The monoisotopic (exact) mass is 277 g/mol. The molecule has 0 saturated heterocycles. The molecule has 1 atom stereocenters. The molecular weight excluding hydrogens is 258 g/mol. The van der Waals surface area contributed by atoms with Crippen molar-refractivity contribution in [1.29, 1.82) is 0 Å². The number of pyridine rings is 1. The maximum Gasteiger partial charge on any atom is 0.261 e. The molecule has 0 aliphatic heterocycles. The van der Waals surface area contributed by atoms with Gasteiger partial charge in [0.05, 0.1) is 5.52 Å². The summed E-state index contributed by atoms with van der Waals surface area (Å²) in [6.45, 7) is 2.14. The first kappa shape index (κ1) is 14.3. The number of nitrogens with zero attached hydrogens (tertiary/aromatic N) is 2. The van der Waals surface area contributed by atoms with Gasteiger partial charge in [0.2, 0.25) is 5.95 Å². The summed E-state index contributed by atoms with van der Waals surface area (Å²) in [5.74, 6) is 0.533. The number of nitrogens with two attached hydrogens (primary N) is 1. The molecule has 0 saturated carbocycles. The van der Waals surface area contributed by atoms with E-state index in [1.165, 1.54) is 6.20 Å². The van der Waals surface area contributed by atoms with E-state index in [1.54, 1.807) is 6.07 Å². The number of hydrogen-bond donors (Lipinski definition) is 4. The van der Waals surface area contributed by atoms with Gasteiger partial charge >= 0.3 is 0 Å². The SMILES string of the molecule is CCCC(CCO)Nc1nc(N)nc2cc[nH]c(=O)c12. The van der Waals surface area contributed by atoms with Crippen LogP contribution in [-0.4, -0.2) is 32.7 Å². The number of hydrogen-bond acceptors (Lipinski definition) is 6. The highest BCUT2D eigenvalue weighted by molar-refractivity contribution is 5.88. The minimum absolute atomic E-state index is 0.0436. The molecule has 7 nitrogen and oxygen atoms in total. The second-order valence-corrected chi connectivity index (χ2v) is 4.64. The molecular formula is C13H19N5O2. The number of aromatic amines is 1. The fraction of sp³-hybridized carbons (Fsp3) is 0.462. The third kappa shape index (κ3) is 3.05. The third-order valence-corrected chi connectivity index (χ3v) is 3.09. The minimum atomic E-state index is -0.260. The summed E-state index contributed by atoms with van der Waals surface area (Å²) in [4.78, 5) is 22.7. The van der Waals surface area contributed by atoms with Crippen LogP contribution in [0.1, 0.15) is 26.2 Å². The smallest absolute Gasteiger partial charge is 0.261 e. The molecule has 0 radical (unpaired) electrons. The molecule has 2 aromatic heterocycles. The van der Waals surface area contributed by atoms with Gasteiger partial charge in [-0.2, -0.15) is 4.98 Å². The van der Waals surface area contributed by atoms with Crippen molar-refractivity contribution >= 4 is 22.7 Å². The highest BCUT2D eigenvalue weighted by atomic mass is 16.3. The van der Waals surface area contributed by atoms with E-state index in [9.17, 15) is 4.79 Å². The van der Waals surface area contributed by atoms with Crippen LogP contribution in [0, 0.1) is 0 Å². The number of rotatable bonds is 6. The molecule has 1 unspecified atom stereocenters. The lowest BCUT2D eigenvalue weighted by Crippen LogP contribution is -2.23. The van der Waals surface area contributed by atoms with Crippen molar-refractivity contribution < 1.29 is 5.11 Å². The Morgan fingerprint density at radius 3 is 2.95 bits per heavy atom. The quantitative estimate of drug-likeness (QED) is 0.622. The number of nitrogen functional groups attached to an aromatic ring is 1. The van der Waals surface area contributed by atoms with Crippen LogP contribution in [0.25, 0.3) is 10.9 Å². The van der Waals surface area contributed by atoms with Gasteiger partial charge in [-0.3, -0.25) is 4.79 Å². The average Bonchev–Trinajstić information content (AvgIpc) is 2.38. The molecule has 0 aliphatic carbocycles. The van der Waals surface area contributed by atoms with E-state index in [0.29, 0.717) is 23.1 Å². The summed E-state index contributed by atoms with van der Waals surface area (Å²) in [6.07, 6.45) is 3.95. The Hall–Kier alpha value is -2.15. The Morgan fingerprint density at radius 2 is 2.25 bits per heavy atom. The van der Waals surface area contributed by atoms with Gasteiger partial charge in [0.25, 0.3) is 5.56 Å². The fourth-order valence-electron chi connectivity index (χ4n) is 2.20. The molecule has 0 bridgehead atoms. The van der Waals surface area contributed by atoms with Gasteiger partial charge in [-0.05, 0) is 18.9 Å². The van der Waals surface area contributed by atoms with E-state index in [1.807, 2.05) is 0 Å². The van der Waals surface area contributed by atoms with Crippen molar-refractivity contribution in [3.8, 4) is 0 Å². The summed E-state index contributed by atoms with van der Waals surface area (Å²) in [7, 11) is 0. The molecule has 2 aromatic rings. The van der Waals surface area contributed by atoms with Crippen LogP contribution in [0.2, 0.25) is 0 Å². The topological polar surface area (TPSA) is 117 Å². The molecule has 0 amide bonds. The van der Waals surface area contributed by atoms with E-state index < -0.39 is 0 Å². The number of anilines is 2. The molecule has 108 valence electrons. The van der Waals surface area contributed by atoms with E-state index in [2.05, 4.69) is 27.2 Å². The highest BCUT2D eigenvalue weighted by Gasteiger charge is 2.14. The molecule has 7 heteroatoms. The predicted molar refractivity (Wildman–Crippen MR) is 78.6 cm³/mol. The second-order valence-electron chi connectivity index (χ2n) is 4.64. The molecule has 5 N–H and O–H groups in total. The third-order valence-electron chi connectivity index (χ3n) is 3.09. The molecule has 20 heavy (non-hydrogen) atoms. The van der Waals surface area contributed by atoms with Crippen LogP contribution in [0.4, 0.5) is 11.8 Å². The maximum atomic E-state index is 11.9. The zero-order valence-electron chi connectivity index (χ0n) is 11.4. The Labute approximate surface area is 116 Å². The van der Waals surface area contributed by atoms with Crippen molar-refractivity contribution in [1.82, 2.24) is 15.0 Å². The van der Waals surface area contributed by atoms with E-state index in [0.717, 1.165) is 12.8 Å².